The van der Waals surface area contributed by atoms with Crippen LogP contribution in [0, 0.1) is 0 Å². The highest BCUT2D eigenvalue weighted by Crippen LogP contribution is 2.29. The quantitative estimate of drug-likeness (QED) is 0.761. The molecule has 0 aliphatic heterocycles. The number of aromatic nitrogens is 6. The van der Waals surface area contributed by atoms with Crippen LogP contribution in [0.3, 0.4) is 0 Å². The highest BCUT2D eigenvalue weighted by atomic mass is 19.4. The number of H-pyrrole nitrogens is 1. The van der Waals surface area contributed by atoms with Crippen molar-refractivity contribution in [3.8, 4) is 22.9 Å². The number of rotatable bonds is 3. The van der Waals surface area contributed by atoms with E-state index in [1.807, 2.05) is 0 Å². The van der Waals surface area contributed by atoms with Gasteiger partial charge >= 0.3 is 12.1 Å². The molecule has 0 radical (unpaired) electrons. The standard InChI is InChI=1S/C13H10F3N7O2/c1-23(2)11(24)10-18-9(20-21-10)7-5-6(3-4-17-7)8-19-12(25-22-8)13(14,15)16/h3-5H,1-2H3,(H,18,20,21). The van der Waals surface area contributed by atoms with Gasteiger partial charge in [-0.1, -0.05) is 5.16 Å². The fourth-order valence-electron chi connectivity index (χ4n) is 1.83. The summed E-state index contributed by atoms with van der Waals surface area (Å²) in [4.78, 5) is 24.5. The first-order valence-electron chi connectivity index (χ1n) is 6.77. The summed E-state index contributed by atoms with van der Waals surface area (Å²) in [7, 11) is 3.11. The fourth-order valence-corrected chi connectivity index (χ4v) is 1.83. The van der Waals surface area contributed by atoms with Crippen molar-refractivity contribution in [2.75, 3.05) is 14.1 Å². The van der Waals surface area contributed by atoms with Crippen molar-refractivity contribution in [2.45, 2.75) is 6.18 Å². The van der Waals surface area contributed by atoms with E-state index in [4.69, 9.17) is 0 Å². The van der Waals surface area contributed by atoms with E-state index in [0.717, 1.165) is 0 Å². The maximum absolute atomic E-state index is 12.5. The lowest BCUT2D eigenvalue weighted by Gasteiger charge is -2.05. The first-order valence-corrected chi connectivity index (χ1v) is 6.77. The summed E-state index contributed by atoms with van der Waals surface area (Å²) in [6.07, 6.45) is -3.40. The van der Waals surface area contributed by atoms with Crippen molar-refractivity contribution in [2.24, 2.45) is 0 Å². The van der Waals surface area contributed by atoms with E-state index in [-0.39, 0.29) is 34.6 Å². The second kappa shape index (κ2) is 5.96. The van der Waals surface area contributed by atoms with Gasteiger partial charge in [0.05, 0.1) is 0 Å². The molecule has 0 atom stereocenters. The summed E-state index contributed by atoms with van der Waals surface area (Å²) >= 11 is 0. The Morgan fingerprint density at radius 2 is 2.00 bits per heavy atom. The lowest BCUT2D eigenvalue weighted by atomic mass is 10.2. The molecule has 0 saturated heterocycles. The molecule has 0 saturated carbocycles. The van der Waals surface area contributed by atoms with Gasteiger partial charge in [-0.15, -0.1) is 0 Å². The molecule has 0 aliphatic carbocycles. The second-order valence-corrected chi connectivity index (χ2v) is 5.06. The van der Waals surface area contributed by atoms with E-state index in [9.17, 15) is 18.0 Å². The van der Waals surface area contributed by atoms with Crippen LogP contribution < -0.4 is 0 Å². The smallest absolute Gasteiger partial charge is 0.342 e. The van der Waals surface area contributed by atoms with Crippen LogP contribution in [0.4, 0.5) is 13.2 Å². The molecule has 3 aromatic rings. The number of hydrogen-bond acceptors (Lipinski definition) is 7. The van der Waals surface area contributed by atoms with Crippen LogP contribution in [-0.4, -0.2) is 55.2 Å². The summed E-state index contributed by atoms with van der Waals surface area (Å²) in [5.74, 6) is -1.98. The third-order valence-electron chi connectivity index (χ3n) is 3.01. The zero-order chi connectivity index (χ0) is 18.2. The van der Waals surface area contributed by atoms with E-state index in [1.54, 1.807) is 14.1 Å². The van der Waals surface area contributed by atoms with Crippen LogP contribution in [0.15, 0.2) is 22.9 Å². The molecule has 25 heavy (non-hydrogen) atoms. The van der Waals surface area contributed by atoms with E-state index < -0.39 is 12.1 Å². The van der Waals surface area contributed by atoms with Crippen LogP contribution in [0.25, 0.3) is 22.9 Å². The number of halogens is 3. The lowest BCUT2D eigenvalue weighted by Crippen LogP contribution is -2.22. The zero-order valence-electron chi connectivity index (χ0n) is 12.9. The molecule has 0 spiro atoms. The average Bonchev–Trinajstić information content (AvgIpc) is 3.23. The van der Waals surface area contributed by atoms with Gasteiger partial charge < -0.3 is 9.42 Å². The van der Waals surface area contributed by atoms with Gasteiger partial charge in [0.15, 0.2) is 5.82 Å². The Labute approximate surface area is 137 Å². The average molecular weight is 353 g/mol. The molecular formula is C13H10F3N7O2. The number of nitrogens with zero attached hydrogens (tertiary/aromatic N) is 6. The topological polar surface area (TPSA) is 114 Å². The van der Waals surface area contributed by atoms with Gasteiger partial charge in [-0.05, 0) is 12.1 Å². The molecule has 0 aliphatic rings. The third-order valence-corrected chi connectivity index (χ3v) is 3.01. The third kappa shape index (κ3) is 3.32. The van der Waals surface area contributed by atoms with Crippen molar-refractivity contribution in [1.29, 1.82) is 0 Å². The Hall–Kier alpha value is -3.31. The molecule has 0 fully saturated rings. The normalized spacial score (nSPS) is 11.6. The van der Waals surface area contributed by atoms with Gasteiger partial charge in [0, 0.05) is 25.9 Å². The maximum Gasteiger partial charge on any atom is 0.471 e. The predicted molar refractivity (Wildman–Crippen MR) is 75.9 cm³/mol. The number of hydrogen-bond donors (Lipinski definition) is 1. The Balaban J connectivity index is 1.92. The molecule has 0 bridgehead atoms. The molecular weight excluding hydrogens is 343 g/mol. The number of alkyl halides is 3. The van der Waals surface area contributed by atoms with Gasteiger partial charge in [0.25, 0.3) is 5.91 Å². The Morgan fingerprint density at radius 1 is 1.24 bits per heavy atom. The molecule has 3 aromatic heterocycles. The molecule has 1 N–H and O–H groups in total. The van der Waals surface area contributed by atoms with Gasteiger partial charge in [0.1, 0.15) is 5.69 Å². The van der Waals surface area contributed by atoms with Crippen LogP contribution in [0.5, 0.6) is 0 Å². The van der Waals surface area contributed by atoms with Crippen molar-refractivity contribution in [3.63, 3.8) is 0 Å². The minimum atomic E-state index is -4.73. The SMILES string of the molecule is CN(C)C(=O)c1nc(-c2cc(-c3noc(C(F)(F)F)n3)ccn2)n[nH]1. The van der Waals surface area contributed by atoms with Crippen molar-refractivity contribution >= 4 is 5.91 Å². The summed E-state index contributed by atoms with van der Waals surface area (Å²) in [5, 5.41) is 9.66. The fraction of sp³-hybridized carbons (Fsp3) is 0.231. The molecule has 130 valence electrons. The van der Waals surface area contributed by atoms with Crippen molar-refractivity contribution in [1.82, 2.24) is 35.2 Å². The summed E-state index contributed by atoms with van der Waals surface area (Å²) in [6.45, 7) is 0. The highest BCUT2D eigenvalue weighted by Gasteiger charge is 2.38. The lowest BCUT2D eigenvalue weighted by molar-refractivity contribution is -0.159. The highest BCUT2D eigenvalue weighted by molar-refractivity contribution is 5.90. The summed E-state index contributed by atoms with van der Waals surface area (Å²) < 4.78 is 41.8. The predicted octanol–water partition coefficient (Wildman–Crippen LogP) is 1.64. The van der Waals surface area contributed by atoms with E-state index in [1.165, 1.54) is 23.2 Å². The largest absolute Gasteiger partial charge is 0.471 e. The van der Waals surface area contributed by atoms with E-state index >= 15 is 0 Å². The van der Waals surface area contributed by atoms with Crippen LogP contribution in [0.1, 0.15) is 16.5 Å². The first kappa shape index (κ1) is 16.5. The number of amides is 1. The van der Waals surface area contributed by atoms with Gasteiger partial charge in [0.2, 0.25) is 11.6 Å². The first-order chi connectivity index (χ1) is 11.8. The van der Waals surface area contributed by atoms with Crippen LogP contribution >= 0.6 is 0 Å². The zero-order valence-corrected chi connectivity index (χ0v) is 12.9. The molecule has 12 heteroatoms. The minimum absolute atomic E-state index is 0.00567. The number of pyridine rings is 1. The van der Waals surface area contributed by atoms with Crippen LogP contribution in [0.2, 0.25) is 0 Å². The maximum atomic E-state index is 12.5. The van der Waals surface area contributed by atoms with E-state index in [2.05, 4.69) is 34.8 Å². The molecule has 9 nitrogen and oxygen atoms in total. The molecule has 3 heterocycles. The monoisotopic (exact) mass is 353 g/mol. The van der Waals surface area contributed by atoms with Gasteiger partial charge in [-0.2, -0.15) is 23.3 Å². The molecule has 0 aromatic carbocycles. The minimum Gasteiger partial charge on any atom is -0.342 e. The molecule has 0 unspecified atom stereocenters. The Bertz CT molecular complexity index is 916. The number of carbonyl (C=O) groups excluding carboxylic acids is 1. The number of carbonyl (C=O) groups is 1. The van der Waals surface area contributed by atoms with Crippen molar-refractivity contribution < 1.29 is 22.5 Å². The Kier molecular flexibility index (Phi) is 3.94. The van der Waals surface area contributed by atoms with E-state index in [0.29, 0.717) is 0 Å². The van der Waals surface area contributed by atoms with Gasteiger partial charge in [-0.25, -0.2) is 4.98 Å². The number of aromatic amines is 1. The van der Waals surface area contributed by atoms with Gasteiger partial charge in [-0.3, -0.25) is 14.9 Å². The summed E-state index contributed by atoms with van der Waals surface area (Å²) in [6, 6.07) is 2.80. The second-order valence-electron chi connectivity index (χ2n) is 5.06. The molecule has 3 rings (SSSR count). The van der Waals surface area contributed by atoms with Crippen LogP contribution in [-0.2, 0) is 6.18 Å². The Morgan fingerprint density at radius 3 is 2.64 bits per heavy atom. The van der Waals surface area contributed by atoms with Crippen molar-refractivity contribution in [3.05, 3.63) is 30.0 Å². The number of nitrogens with one attached hydrogen (secondary N) is 1. The summed E-state index contributed by atoms with van der Waals surface area (Å²) in [5.41, 5.74) is 0.458. The molecule has 1 amide bonds.